The highest BCUT2D eigenvalue weighted by Crippen LogP contribution is 2.21. The van der Waals surface area contributed by atoms with Crippen LogP contribution >= 0.6 is 11.6 Å². The van der Waals surface area contributed by atoms with Crippen LogP contribution in [0.2, 0.25) is 5.02 Å². The van der Waals surface area contributed by atoms with Crippen LogP contribution in [0.3, 0.4) is 0 Å². The molecule has 0 spiro atoms. The second kappa shape index (κ2) is 4.73. The summed E-state index contributed by atoms with van der Waals surface area (Å²) in [4.78, 5) is 0.281. The maximum absolute atomic E-state index is 11.9. The standard InChI is InChI=1S/C11H14ClNO2S/c12-9-5-7-11(8-6-9)16(14,15)13-10-3-1-2-4-10/h5-8,10,13H,1-4H2. The average molecular weight is 260 g/mol. The smallest absolute Gasteiger partial charge is 0.208 e. The van der Waals surface area contributed by atoms with Crippen LogP contribution in [0, 0.1) is 0 Å². The van der Waals surface area contributed by atoms with Gasteiger partial charge in [0.15, 0.2) is 0 Å². The largest absolute Gasteiger partial charge is 0.240 e. The Labute approximate surface area is 101 Å². The van der Waals surface area contributed by atoms with Crippen molar-refractivity contribution >= 4 is 21.6 Å². The highest BCUT2D eigenvalue weighted by atomic mass is 35.5. The van der Waals surface area contributed by atoms with Gasteiger partial charge in [0.05, 0.1) is 4.90 Å². The van der Waals surface area contributed by atoms with E-state index in [0.29, 0.717) is 5.02 Å². The molecule has 0 unspecified atom stereocenters. The summed E-state index contributed by atoms with van der Waals surface area (Å²) in [5.41, 5.74) is 0. The normalized spacial score (nSPS) is 17.8. The zero-order valence-corrected chi connectivity index (χ0v) is 10.4. The minimum Gasteiger partial charge on any atom is -0.208 e. The Morgan fingerprint density at radius 2 is 1.69 bits per heavy atom. The molecule has 3 nitrogen and oxygen atoms in total. The van der Waals surface area contributed by atoms with Gasteiger partial charge in [0.2, 0.25) is 10.0 Å². The van der Waals surface area contributed by atoms with E-state index in [1.165, 1.54) is 12.1 Å². The molecule has 5 heteroatoms. The number of rotatable bonds is 3. The summed E-state index contributed by atoms with van der Waals surface area (Å²) in [5, 5.41) is 0.541. The molecule has 0 amide bonds. The molecule has 16 heavy (non-hydrogen) atoms. The van der Waals surface area contributed by atoms with Crippen molar-refractivity contribution in [2.75, 3.05) is 0 Å². The van der Waals surface area contributed by atoms with Gasteiger partial charge in [-0.15, -0.1) is 0 Å². The molecule has 1 aliphatic rings. The van der Waals surface area contributed by atoms with Gasteiger partial charge in [-0.1, -0.05) is 24.4 Å². The fourth-order valence-electron chi connectivity index (χ4n) is 1.94. The SMILES string of the molecule is O=S(=O)(NC1CCCC1)c1ccc(Cl)cc1. The van der Waals surface area contributed by atoms with Crippen molar-refractivity contribution in [2.45, 2.75) is 36.6 Å². The molecule has 0 aliphatic heterocycles. The van der Waals surface area contributed by atoms with Crippen molar-refractivity contribution in [1.82, 2.24) is 4.72 Å². The predicted molar refractivity (Wildman–Crippen MR) is 64.0 cm³/mol. The molecule has 0 saturated heterocycles. The van der Waals surface area contributed by atoms with Gasteiger partial charge < -0.3 is 0 Å². The van der Waals surface area contributed by atoms with Gasteiger partial charge in [0, 0.05) is 11.1 Å². The zero-order valence-electron chi connectivity index (χ0n) is 8.82. The second-order valence-electron chi connectivity index (χ2n) is 4.06. The number of hydrogen-bond acceptors (Lipinski definition) is 2. The van der Waals surface area contributed by atoms with E-state index in [1.54, 1.807) is 12.1 Å². The fourth-order valence-corrected chi connectivity index (χ4v) is 3.38. The molecular formula is C11H14ClNO2S. The maximum atomic E-state index is 11.9. The van der Waals surface area contributed by atoms with Crippen molar-refractivity contribution < 1.29 is 8.42 Å². The molecule has 88 valence electrons. The molecular weight excluding hydrogens is 246 g/mol. The number of sulfonamides is 1. The third kappa shape index (κ3) is 2.75. The van der Waals surface area contributed by atoms with Crippen molar-refractivity contribution in [3.05, 3.63) is 29.3 Å². The van der Waals surface area contributed by atoms with E-state index in [2.05, 4.69) is 4.72 Å². The maximum Gasteiger partial charge on any atom is 0.240 e. The van der Waals surface area contributed by atoms with E-state index >= 15 is 0 Å². The number of benzene rings is 1. The molecule has 1 aromatic carbocycles. The van der Waals surface area contributed by atoms with Crippen LogP contribution in [0.15, 0.2) is 29.2 Å². The van der Waals surface area contributed by atoms with Gasteiger partial charge in [-0.3, -0.25) is 0 Å². The molecule has 2 rings (SSSR count). The van der Waals surface area contributed by atoms with Crippen LogP contribution in [-0.2, 0) is 10.0 Å². The van der Waals surface area contributed by atoms with E-state index in [-0.39, 0.29) is 10.9 Å². The summed E-state index contributed by atoms with van der Waals surface area (Å²) >= 11 is 5.72. The molecule has 1 saturated carbocycles. The summed E-state index contributed by atoms with van der Waals surface area (Å²) in [6, 6.07) is 6.33. The fraction of sp³-hybridized carbons (Fsp3) is 0.455. The third-order valence-electron chi connectivity index (χ3n) is 2.80. The first-order chi connectivity index (χ1) is 7.58. The lowest BCUT2D eigenvalue weighted by Crippen LogP contribution is -2.32. The third-order valence-corrected chi connectivity index (χ3v) is 4.59. The van der Waals surface area contributed by atoms with Gasteiger partial charge in [-0.25, -0.2) is 13.1 Å². The van der Waals surface area contributed by atoms with Crippen molar-refractivity contribution in [3.8, 4) is 0 Å². The van der Waals surface area contributed by atoms with Crippen LogP contribution < -0.4 is 4.72 Å². The van der Waals surface area contributed by atoms with Gasteiger partial charge in [-0.2, -0.15) is 0 Å². The number of halogens is 1. The van der Waals surface area contributed by atoms with E-state index in [1.807, 2.05) is 0 Å². The highest BCUT2D eigenvalue weighted by Gasteiger charge is 2.22. The molecule has 1 aliphatic carbocycles. The van der Waals surface area contributed by atoms with Gasteiger partial charge in [-0.05, 0) is 37.1 Å². The number of nitrogens with one attached hydrogen (secondary N) is 1. The predicted octanol–water partition coefficient (Wildman–Crippen LogP) is 2.56. The van der Waals surface area contributed by atoms with Crippen molar-refractivity contribution in [1.29, 1.82) is 0 Å². The summed E-state index contributed by atoms with van der Waals surface area (Å²) in [6.07, 6.45) is 4.08. The summed E-state index contributed by atoms with van der Waals surface area (Å²) in [6.45, 7) is 0. The Hall–Kier alpha value is -0.580. The molecule has 0 radical (unpaired) electrons. The van der Waals surface area contributed by atoms with E-state index in [4.69, 9.17) is 11.6 Å². The van der Waals surface area contributed by atoms with Crippen LogP contribution in [0.5, 0.6) is 0 Å². The van der Waals surface area contributed by atoms with Crippen LogP contribution in [-0.4, -0.2) is 14.5 Å². The molecule has 1 N–H and O–H groups in total. The van der Waals surface area contributed by atoms with Crippen molar-refractivity contribution in [3.63, 3.8) is 0 Å². The average Bonchev–Trinajstić information content (AvgIpc) is 2.70. The minimum absolute atomic E-state index is 0.0979. The quantitative estimate of drug-likeness (QED) is 0.907. The second-order valence-corrected chi connectivity index (χ2v) is 6.21. The Bertz CT molecular complexity index is 449. The van der Waals surface area contributed by atoms with E-state index in [9.17, 15) is 8.42 Å². The zero-order chi connectivity index (χ0) is 11.6. The molecule has 0 bridgehead atoms. The molecule has 0 aromatic heterocycles. The lowest BCUT2D eigenvalue weighted by Gasteiger charge is -2.12. The molecule has 0 atom stereocenters. The molecule has 1 aromatic rings. The molecule has 1 fully saturated rings. The minimum atomic E-state index is -3.37. The lowest BCUT2D eigenvalue weighted by molar-refractivity contribution is 0.552. The van der Waals surface area contributed by atoms with Crippen LogP contribution in [0.25, 0.3) is 0 Å². The first-order valence-electron chi connectivity index (χ1n) is 5.36. The topological polar surface area (TPSA) is 46.2 Å². The number of hydrogen-bond donors (Lipinski definition) is 1. The summed E-state index contributed by atoms with van der Waals surface area (Å²) < 4.78 is 26.6. The van der Waals surface area contributed by atoms with Gasteiger partial charge >= 0.3 is 0 Å². The van der Waals surface area contributed by atoms with E-state index < -0.39 is 10.0 Å². The first kappa shape index (κ1) is 11.9. The molecule has 0 heterocycles. The Morgan fingerprint density at radius 1 is 1.12 bits per heavy atom. The summed E-state index contributed by atoms with van der Waals surface area (Å²) in [5.74, 6) is 0. The van der Waals surface area contributed by atoms with Gasteiger partial charge in [0.1, 0.15) is 0 Å². The Balaban J connectivity index is 2.14. The Morgan fingerprint density at radius 3 is 2.25 bits per heavy atom. The monoisotopic (exact) mass is 259 g/mol. The first-order valence-corrected chi connectivity index (χ1v) is 7.22. The van der Waals surface area contributed by atoms with Crippen LogP contribution in [0.4, 0.5) is 0 Å². The Kier molecular flexibility index (Phi) is 3.52. The lowest BCUT2D eigenvalue weighted by atomic mass is 10.3. The van der Waals surface area contributed by atoms with Gasteiger partial charge in [0.25, 0.3) is 0 Å². The van der Waals surface area contributed by atoms with E-state index in [0.717, 1.165) is 25.7 Å². The summed E-state index contributed by atoms with van der Waals surface area (Å²) in [7, 11) is -3.37. The highest BCUT2D eigenvalue weighted by molar-refractivity contribution is 7.89. The van der Waals surface area contributed by atoms with Crippen LogP contribution in [0.1, 0.15) is 25.7 Å². The van der Waals surface area contributed by atoms with Crippen molar-refractivity contribution in [2.24, 2.45) is 0 Å².